The van der Waals surface area contributed by atoms with E-state index in [4.69, 9.17) is 11.6 Å². The van der Waals surface area contributed by atoms with Crippen LogP contribution in [-0.4, -0.2) is 4.92 Å². The summed E-state index contributed by atoms with van der Waals surface area (Å²) in [5, 5.41) is 13.7. The molecule has 2 aromatic rings. The molecule has 6 heteroatoms. The molecule has 0 bridgehead atoms. The summed E-state index contributed by atoms with van der Waals surface area (Å²) in [6.07, 6.45) is 0. The number of nitrogens with zero attached hydrogens (tertiary/aromatic N) is 1. The Morgan fingerprint density at radius 1 is 1.35 bits per heavy atom. The van der Waals surface area contributed by atoms with E-state index in [2.05, 4.69) is 5.32 Å². The molecule has 0 atom stereocenters. The van der Waals surface area contributed by atoms with E-state index in [9.17, 15) is 14.5 Å². The molecule has 104 valence electrons. The molecule has 0 saturated heterocycles. The van der Waals surface area contributed by atoms with Crippen molar-refractivity contribution in [3.8, 4) is 0 Å². The fourth-order valence-corrected chi connectivity index (χ4v) is 2.01. The first-order chi connectivity index (χ1) is 9.47. The SMILES string of the molecule is Cc1cccc(CNc2cc(Cl)c(F)cc2[N+](=O)[O-])c1. The van der Waals surface area contributed by atoms with Gasteiger partial charge in [0.2, 0.25) is 0 Å². The topological polar surface area (TPSA) is 55.2 Å². The Morgan fingerprint density at radius 2 is 2.10 bits per heavy atom. The van der Waals surface area contributed by atoms with E-state index in [0.29, 0.717) is 6.54 Å². The normalized spacial score (nSPS) is 10.3. The number of hydrogen-bond acceptors (Lipinski definition) is 3. The minimum absolute atomic E-state index is 0.151. The first-order valence-electron chi connectivity index (χ1n) is 5.90. The first-order valence-corrected chi connectivity index (χ1v) is 6.28. The molecule has 4 nitrogen and oxygen atoms in total. The van der Waals surface area contributed by atoms with Crippen molar-refractivity contribution in [3.05, 3.63) is 68.5 Å². The molecule has 2 aromatic carbocycles. The van der Waals surface area contributed by atoms with Crippen LogP contribution in [0.2, 0.25) is 5.02 Å². The molecule has 0 aliphatic carbocycles. The van der Waals surface area contributed by atoms with Crippen LogP contribution in [0.1, 0.15) is 11.1 Å². The number of rotatable bonds is 4. The van der Waals surface area contributed by atoms with Gasteiger partial charge in [-0.25, -0.2) is 4.39 Å². The van der Waals surface area contributed by atoms with Crippen LogP contribution in [-0.2, 0) is 6.54 Å². The van der Waals surface area contributed by atoms with Crippen LogP contribution < -0.4 is 5.32 Å². The number of anilines is 1. The van der Waals surface area contributed by atoms with E-state index < -0.39 is 10.7 Å². The van der Waals surface area contributed by atoms with Gasteiger partial charge in [-0.05, 0) is 18.6 Å². The second-order valence-electron chi connectivity index (χ2n) is 4.38. The molecule has 0 aliphatic heterocycles. The van der Waals surface area contributed by atoms with E-state index in [1.54, 1.807) is 0 Å². The molecule has 0 fully saturated rings. The third kappa shape index (κ3) is 3.24. The smallest absolute Gasteiger partial charge is 0.295 e. The van der Waals surface area contributed by atoms with E-state index in [1.165, 1.54) is 6.07 Å². The fourth-order valence-electron chi connectivity index (χ4n) is 1.85. The molecule has 0 aliphatic rings. The summed E-state index contributed by atoms with van der Waals surface area (Å²) in [6, 6.07) is 9.77. The molecular weight excluding hydrogens is 283 g/mol. The fraction of sp³-hybridized carbons (Fsp3) is 0.143. The highest BCUT2D eigenvalue weighted by molar-refractivity contribution is 6.31. The second kappa shape index (κ2) is 5.88. The van der Waals surface area contributed by atoms with Crippen molar-refractivity contribution >= 4 is 23.0 Å². The predicted octanol–water partition coefficient (Wildman–Crippen LogP) is 4.31. The maximum Gasteiger partial charge on any atom is 0.295 e. The highest BCUT2D eigenvalue weighted by Gasteiger charge is 2.17. The van der Waals surface area contributed by atoms with E-state index in [0.717, 1.165) is 17.2 Å². The summed E-state index contributed by atoms with van der Waals surface area (Å²) in [4.78, 5) is 10.3. The molecule has 20 heavy (non-hydrogen) atoms. The van der Waals surface area contributed by atoms with E-state index >= 15 is 0 Å². The molecule has 2 rings (SSSR count). The van der Waals surface area contributed by atoms with Crippen LogP contribution in [0.4, 0.5) is 15.8 Å². The predicted molar refractivity (Wildman–Crippen MR) is 76.6 cm³/mol. The summed E-state index contributed by atoms with van der Waals surface area (Å²) in [7, 11) is 0. The summed E-state index contributed by atoms with van der Waals surface area (Å²) in [5.41, 5.74) is 1.93. The lowest BCUT2D eigenvalue weighted by Gasteiger charge is -2.08. The van der Waals surface area contributed by atoms with Gasteiger partial charge in [0.1, 0.15) is 11.5 Å². The summed E-state index contributed by atoms with van der Waals surface area (Å²) in [6.45, 7) is 2.35. The zero-order chi connectivity index (χ0) is 14.7. The average Bonchev–Trinajstić information content (AvgIpc) is 2.39. The van der Waals surface area contributed by atoms with Crippen molar-refractivity contribution in [2.24, 2.45) is 0 Å². The summed E-state index contributed by atoms with van der Waals surface area (Å²) >= 11 is 5.66. The third-order valence-electron chi connectivity index (χ3n) is 2.80. The van der Waals surface area contributed by atoms with Gasteiger partial charge in [0, 0.05) is 6.54 Å². The number of hydrogen-bond donors (Lipinski definition) is 1. The van der Waals surface area contributed by atoms with Gasteiger partial charge in [-0.15, -0.1) is 0 Å². The van der Waals surface area contributed by atoms with Crippen molar-refractivity contribution in [3.63, 3.8) is 0 Å². The van der Waals surface area contributed by atoms with Crippen LogP contribution >= 0.6 is 11.6 Å². The Balaban J connectivity index is 2.24. The lowest BCUT2D eigenvalue weighted by molar-refractivity contribution is -0.384. The number of benzene rings is 2. The maximum absolute atomic E-state index is 13.3. The Kier molecular flexibility index (Phi) is 4.20. The maximum atomic E-state index is 13.3. The van der Waals surface area contributed by atoms with Gasteiger partial charge >= 0.3 is 0 Å². The molecule has 0 radical (unpaired) electrons. The van der Waals surface area contributed by atoms with Crippen molar-refractivity contribution < 1.29 is 9.31 Å². The van der Waals surface area contributed by atoms with Crippen molar-refractivity contribution in [1.82, 2.24) is 0 Å². The molecule has 1 N–H and O–H groups in total. The van der Waals surface area contributed by atoms with E-state index in [1.807, 2.05) is 31.2 Å². The van der Waals surface area contributed by atoms with Crippen LogP contribution in [0, 0.1) is 22.9 Å². The van der Waals surface area contributed by atoms with Crippen molar-refractivity contribution in [2.45, 2.75) is 13.5 Å². The minimum atomic E-state index is -0.806. The van der Waals surface area contributed by atoms with E-state index in [-0.39, 0.29) is 16.4 Å². The van der Waals surface area contributed by atoms with Gasteiger partial charge in [-0.1, -0.05) is 41.4 Å². The first kappa shape index (κ1) is 14.3. The van der Waals surface area contributed by atoms with Gasteiger partial charge in [-0.3, -0.25) is 10.1 Å². The van der Waals surface area contributed by atoms with Gasteiger partial charge < -0.3 is 5.32 Å². The Bertz CT molecular complexity index is 662. The van der Waals surface area contributed by atoms with Gasteiger partial charge in [0.15, 0.2) is 0 Å². The quantitative estimate of drug-likeness (QED) is 0.675. The molecule has 0 aromatic heterocycles. The van der Waals surface area contributed by atoms with Gasteiger partial charge in [0.05, 0.1) is 16.0 Å². The second-order valence-corrected chi connectivity index (χ2v) is 4.79. The minimum Gasteiger partial charge on any atom is -0.375 e. The van der Waals surface area contributed by atoms with Gasteiger partial charge in [0.25, 0.3) is 5.69 Å². The lowest BCUT2D eigenvalue weighted by Crippen LogP contribution is -2.03. The average molecular weight is 295 g/mol. The van der Waals surface area contributed by atoms with Crippen LogP contribution in [0.5, 0.6) is 0 Å². The standard InChI is InChI=1S/C14H12ClFN2O2/c1-9-3-2-4-10(5-9)8-17-13-6-11(15)12(16)7-14(13)18(19)20/h2-7,17H,8H2,1H3. The van der Waals surface area contributed by atoms with Crippen LogP contribution in [0.3, 0.4) is 0 Å². The molecule has 0 spiro atoms. The highest BCUT2D eigenvalue weighted by atomic mass is 35.5. The molecule has 0 saturated carbocycles. The summed E-state index contributed by atoms with van der Waals surface area (Å²) in [5.74, 6) is -0.806. The lowest BCUT2D eigenvalue weighted by atomic mass is 10.1. The number of nitro groups is 1. The molecular formula is C14H12ClFN2O2. The molecule has 0 unspecified atom stereocenters. The van der Waals surface area contributed by atoms with Crippen LogP contribution in [0.25, 0.3) is 0 Å². The number of halogens is 2. The van der Waals surface area contributed by atoms with Crippen molar-refractivity contribution in [2.75, 3.05) is 5.32 Å². The summed E-state index contributed by atoms with van der Waals surface area (Å²) < 4.78 is 13.3. The number of nitrogens with one attached hydrogen (secondary N) is 1. The van der Waals surface area contributed by atoms with Crippen molar-refractivity contribution in [1.29, 1.82) is 0 Å². The van der Waals surface area contributed by atoms with Crippen LogP contribution in [0.15, 0.2) is 36.4 Å². The van der Waals surface area contributed by atoms with Gasteiger partial charge in [-0.2, -0.15) is 0 Å². The monoisotopic (exact) mass is 294 g/mol. The Labute approximate surface area is 120 Å². The molecule has 0 heterocycles. The number of nitro benzene ring substituents is 1. The molecule has 0 amide bonds. The zero-order valence-electron chi connectivity index (χ0n) is 10.7. The largest absolute Gasteiger partial charge is 0.375 e. The Morgan fingerprint density at radius 3 is 2.75 bits per heavy atom. The number of aryl methyl sites for hydroxylation is 1. The third-order valence-corrected chi connectivity index (χ3v) is 3.09. The highest BCUT2D eigenvalue weighted by Crippen LogP contribution is 2.30. The zero-order valence-corrected chi connectivity index (χ0v) is 11.4. The Hall–Kier alpha value is -2.14.